The van der Waals surface area contributed by atoms with Gasteiger partial charge in [-0.15, -0.1) is 0 Å². The number of sulfone groups is 1. The van der Waals surface area contributed by atoms with Crippen LogP contribution in [-0.2, 0) is 9.84 Å². The summed E-state index contributed by atoms with van der Waals surface area (Å²) in [4.78, 5) is 4.17. The fourth-order valence-electron chi connectivity index (χ4n) is 2.63. The summed E-state index contributed by atoms with van der Waals surface area (Å²) >= 11 is 0. The van der Waals surface area contributed by atoms with Crippen molar-refractivity contribution >= 4 is 32.2 Å². The van der Waals surface area contributed by atoms with Gasteiger partial charge in [-0.2, -0.15) is 5.10 Å². The van der Waals surface area contributed by atoms with Crippen LogP contribution in [-0.4, -0.2) is 28.7 Å². The monoisotopic (exact) mass is 384 g/mol. The molecular formula is C18H13FN4O3S. The predicted octanol–water partition coefficient (Wildman–Crippen LogP) is 3.38. The summed E-state index contributed by atoms with van der Waals surface area (Å²) in [6.45, 7) is 0. The smallest absolute Gasteiger partial charge is 0.223 e. The zero-order valence-electron chi connectivity index (χ0n) is 13.7. The van der Waals surface area contributed by atoms with Crippen LogP contribution in [0.25, 0.3) is 10.8 Å². The average molecular weight is 384 g/mol. The number of benzene rings is 2. The molecule has 0 fully saturated rings. The van der Waals surface area contributed by atoms with E-state index in [2.05, 4.69) is 20.5 Å². The lowest BCUT2D eigenvalue weighted by atomic mass is 10.1. The second kappa shape index (κ2) is 6.36. The van der Waals surface area contributed by atoms with Crippen molar-refractivity contribution in [1.82, 2.24) is 15.2 Å². The molecule has 0 aliphatic rings. The van der Waals surface area contributed by atoms with Gasteiger partial charge in [-0.1, -0.05) is 24.3 Å². The van der Waals surface area contributed by atoms with E-state index < -0.39 is 15.7 Å². The first-order valence-electron chi connectivity index (χ1n) is 7.85. The van der Waals surface area contributed by atoms with Crippen LogP contribution in [0.15, 0.2) is 70.7 Å². The van der Waals surface area contributed by atoms with E-state index in [-0.39, 0.29) is 27.3 Å². The molecule has 2 aromatic heterocycles. The van der Waals surface area contributed by atoms with E-state index in [1.807, 2.05) is 0 Å². The normalized spacial score (nSPS) is 11.6. The highest BCUT2D eigenvalue weighted by molar-refractivity contribution is 7.91. The first kappa shape index (κ1) is 17.0. The number of aromatic amines is 1. The maximum atomic E-state index is 13.1. The Balaban J connectivity index is 1.89. The van der Waals surface area contributed by atoms with Crippen LogP contribution in [0.3, 0.4) is 0 Å². The number of halogens is 1. The summed E-state index contributed by atoms with van der Waals surface area (Å²) in [5.41, 5.74) is 0. The van der Waals surface area contributed by atoms with Crippen LogP contribution in [0, 0.1) is 5.82 Å². The Labute approximate surface area is 153 Å². The van der Waals surface area contributed by atoms with Gasteiger partial charge in [-0.25, -0.2) is 17.8 Å². The Morgan fingerprint density at radius 1 is 1.07 bits per heavy atom. The van der Waals surface area contributed by atoms with Crippen molar-refractivity contribution in [2.75, 3.05) is 5.32 Å². The molecule has 0 spiro atoms. The van der Waals surface area contributed by atoms with Crippen molar-refractivity contribution < 1.29 is 17.9 Å². The Morgan fingerprint density at radius 2 is 1.81 bits per heavy atom. The summed E-state index contributed by atoms with van der Waals surface area (Å²) in [6, 6.07) is 13.1. The van der Waals surface area contributed by atoms with Gasteiger partial charge in [-0.3, -0.25) is 5.10 Å². The van der Waals surface area contributed by atoms with E-state index in [1.165, 1.54) is 24.4 Å². The number of H-pyrrole nitrogens is 1. The minimum Gasteiger partial charge on any atom is -0.503 e. The van der Waals surface area contributed by atoms with Crippen LogP contribution in [0.5, 0.6) is 5.75 Å². The van der Waals surface area contributed by atoms with E-state index in [0.717, 1.165) is 12.1 Å². The zero-order chi connectivity index (χ0) is 19.0. The zero-order valence-corrected chi connectivity index (χ0v) is 14.5. The molecule has 4 aromatic rings. The Kier molecular flexibility index (Phi) is 4.00. The second-order valence-electron chi connectivity index (χ2n) is 5.74. The van der Waals surface area contributed by atoms with Crippen LogP contribution in [0.1, 0.15) is 0 Å². The standard InChI is InChI=1S/C18H13FN4O3S/c19-12-5-7-13(8-6-12)27(25,26)16-9-11-3-1-2-4-14(11)17(21-16)22-18-15(24)10-20-23-18/h1-10,24H,(H2,20,21,22,23). The van der Waals surface area contributed by atoms with Crippen LogP contribution >= 0.6 is 0 Å². The largest absolute Gasteiger partial charge is 0.503 e. The van der Waals surface area contributed by atoms with Crippen LogP contribution < -0.4 is 5.32 Å². The lowest BCUT2D eigenvalue weighted by Gasteiger charge is -2.11. The molecule has 0 bridgehead atoms. The van der Waals surface area contributed by atoms with Gasteiger partial charge in [0.15, 0.2) is 16.6 Å². The van der Waals surface area contributed by atoms with Gasteiger partial charge in [0.25, 0.3) is 0 Å². The average Bonchev–Trinajstić information content (AvgIpc) is 3.06. The van der Waals surface area contributed by atoms with Crippen molar-refractivity contribution in [2.24, 2.45) is 0 Å². The first-order valence-corrected chi connectivity index (χ1v) is 9.33. The van der Waals surface area contributed by atoms with Crippen molar-refractivity contribution in [3.63, 3.8) is 0 Å². The van der Waals surface area contributed by atoms with Crippen molar-refractivity contribution in [3.8, 4) is 5.75 Å². The van der Waals surface area contributed by atoms with Crippen LogP contribution in [0.2, 0.25) is 0 Å². The molecule has 27 heavy (non-hydrogen) atoms. The predicted molar refractivity (Wildman–Crippen MR) is 97.1 cm³/mol. The Bertz CT molecular complexity index is 1240. The van der Waals surface area contributed by atoms with Gasteiger partial charge >= 0.3 is 0 Å². The van der Waals surface area contributed by atoms with Gasteiger partial charge in [0, 0.05) is 5.39 Å². The topological polar surface area (TPSA) is 108 Å². The van der Waals surface area contributed by atoms with E-state index >= 15 is 0 Å². The minimum atomic E-state index is -3.96. The third kappa shape index (κ3) is 3.08. The number of pyridine rings is 1. The highest BCUT2D eigenvalue weighted by Crippen LogP contribution is 2.31. The molecular weight excluding hydrogens is 371 g/mol. The fraction of sp³-hybridized carbons (Fsp3) is 0. The molecule has 7 nitrogen and oxygen atoms in total. The molecule has 0 saturated heterocycles. The summed E-state index contributed by atoms with van der Waals surface area (Å²) in [5.74, 6) is -0.248. The highest BCUT2D eigenvalue weighted by Gasteiger charge is 2.22. The van der Waals surface area contributed by atoms with Crippen LogP contribution in [0.4, 0.5) is 16.0 Å². The summed E-state index contributed by atoms with van der Waals surface area (Å²) < 4.78 is 39.0. The number of anilines is 2. The molecule has 9 heteroatoms. The molecule has 0 aliphatic heterocycles. The molecule has 4 rings (SSSR count). The number of aromatic hydroxyl groups is 1. The molecule has 0 amide bonds. The summed E-state index contributed by atoms with van der Waals surface area (Å²) in [5, 5.41) is 20.0. The van der Waals surface area contributed by atoms with Gasteiger partial charge in [0.2, 0.25) is 9.84 Å². The molecule has 0 saturated carbocycles. The quantitative estimate of drug-likeness (QED) is 0.466. The first-order chi connectivity index (χ1) is 12.9. The van der Waals surface area contributed by atoms with Gasteiger partial charge in [-0.05, 0) is 35.7 Å². The Hall–Kier alpha value is -3.46. The number of aromatic nitrogens is 3. The van der Waals surface area contributed by atoms with Crippen molar-refractivity contribution in [3.05, 3.63) is 66.6 Å². The number of hydrogen-bond acceptors (Lipinski definition) is 6. The molecule has 2 heterocycles. The van der Waals surface area contributed by atoms with Gasteiger partial charge in [0.05, 0.1) is 11.1 Å². The fourth-order valence-corrected chi connectivity index (χ4v) is 3.86. The molecule has 0 radical (unpaired) electrons. The molecule has 3 N–H and O–H groups in total. The second-order valence-corrected chi connectivity index (χ2v) is 7.64. The third-order valence-electron chi connectivity index (χ3n) is 3.98. The van der Waals surface area contributed by atoms with Crippen molar-refractivity contribution in [1.29, 1.82) is 0 Å². The van der Waals surface area contributed by atoms with E-state index in [0.29, 0.717) is 10.8 Å². The molecule has 2 aromatic carbocycles. The SMILES string of the molecule is O=S(=O)(c1ccc(F)cc1)c1cc2ccccc2c(Nc2[nH]ncc2O)n1. The number of nitrogens with zero attached hydrogens (tertiary/aromatic N) is 2. The number of hydrogen-bond donors (Lipinski definition) is 3. The number of nitrogens with one attached hydrogen (secondary N) is 2. The maximum Gasteiger partial charge on any atom is 0.223 e. The lowest BCUT2D eigenvalue weighted by Crippen LogP contribution is -2.07. The summed E-state index contributed by atoms with van der Waals surface area (Å²) in [6.07, 6.45) is 1.21. The van der Waals surface area contributed by atoms with Gasteiger partial charge < -0.3 is 10.4 Å². The molecule has 0 aliphatic carbocycles. The maximum absolute atomic E-state index is 13.1. The van der Waals surface area contributed by atoms with E-state index in [9.17, 15) is 17.9 Å². The molecule has 136 valence electrons. The minimum absolute atomic E-state index is 0.0676. The van der Waals surface area contributed by atoms with Crippen molar-refractivity contribution in [2.45, 2.75) is 9.92 Å². The third-order valence-corrected chi connectivity index (χ3v) is 5.63. The van der Waals surface area contributed by atoms with Gasteiger partial charge in [0.1, 0.15) is 11.6 Å². The number of fused-ring (bicyclic) bond motifs is 1. The Morgan fingerprint density at radius 3 is 2.52 bits per heavy atom. The molecule has 0 unspecified atom stereocenters. The summed E-state index contributed by atoms with van der Waals surface area (Å²) in [7, 11) is -3.96. The van der Waals surface area contributed by atoms with E-state index in [4.69, 9.17) is 0 Å². The van der Waals surface area contributed by atoms with E-state index in [1.54, 1.807) is 24.3 Å². The lowest BCUT2D eigenvalue weighted by molar-refractivity contribution is 0.478. The highest BCUT2D eigenvalue weighted by atomic mass is 32.2. The molecule has 0 atom stereocenters. The number of rotatable bonds is 4.